The van der Waals surface area contributed by atoms with E-state index in [1.54, 1.807) is 0 Å². The molecule has 0 radical (unpaired) electrons. The van der Waals surface area contributed by atoms with Crippen LogP contribution in [0.4, 0.5) is 17.6 Å². The number of nitrogens with two attached hydrogens (primary N) is 1. The second kappa shape index (κ2) is 6.62. The molecule has 2 rings (SSSR count). The molecule has 1 aromatic rings. The molecule has 1 fully saturated rings. The van der Waals surface area contributed by atoms with Gasteiger partial charge in [-0.3, -0.25) is 4.79 Å². The fourth-order valence-electron chi connectivity index (χ4n) is 2.23. The maximum Gasteiger partial charge on any atom is 0.416 e. The number of nitrogens with zero attached hydrogens (tertiary/aromatic N) is 1. The van der Waals surface area contributed by atoms with Gasteiger partial charge in [0.15, 0.2) is 0 Å². The van der Waals surface area contributed by atoms with Crippen molar-refractivity contribution in [1.29, 1.82) is 0 Å². The van der Waals surface area contributed by atoms with E-state index < -0.39 is 29.0 Å². The largest absolute Gasteiger partial charge is 0.416 e. The first-order valence-electron chi connectivity index (χ1n) is 6.20. The maximum absolute atomic E-state index is 13.6. The fraction of sp³-hybridized carbons (Fsp3) is 0.462. The van der Waals surface area contributed by atoms with E-state index in [0.29, 0.717) is 31.2 Å². The number of alkyl halides is 3. The first-order chi connectivity index (χ1) is 9.29. The third kappa shape index (κ3) is 4.07. The summed E-state index contributed by atoms with van der Waals surface area (Å²) in [5.41, 5.74) is 4.11. The van der Waals surface area contributed by atoms with Crippen molar-refractivity contribution in [3.8, 4) is 0 Å². The molecular weight excluding hydrogens is 312 g/mol. The highest BCUT2D eigenvalue weighted by Crippen LogP contribution is 2.30. The number of hydrogen-bond acceptors (Lipinski definition) is 2. The first-order valence-corrected chi connectivity index (χ1v) is 6.20. The minimum Gasteiger partial charge on any atom is -0.337 e. The monoisotopic (exact) mass is 326 g/mol. The van der Waals surface area contributed by atoms with Crippen LogP contribution in [0.5, 0.6) is 0 Å². The Morgan fingerprint density at radius 2 is 2.00 bits per heavy atom. The zero-order chi connectivity index (χ0) is 14.9. The van der Waals surface area contributed by atoms with Gasteiger partial charge in [-0.1, -0.05) is 0 Å². The molecule has 0 aromatic heterocycles. The summed E-state index contributed by atoms with van der Waals surface area (Å²) in [6, 6.07) is 1.62. The molecule has 21 heavy (non-hydrogen) atoms. The number of amides is 1. The first kappa shape index (κ1) is 17.7. The van der Waals surface area contributed by atoms with Crippen molar-refractivity contribution in [2.24, 2.45) is 5.73 Å². The highest BCUT2D eigenvalue weighted by Gasteiger charge is 2.33. The summed E-state index contributed by atoms with van der Waals surface area (Å²) in [6.45, 7) is 0.608. The van der Waals surface area contributed by atoms with Crippen LogP contribution >= 0.6 is 12.4 Å². The molecule has 0 aliphatic carbocycles. The van der Waals surface area contributed by atoms with Gasteiger partial charge in [0.05, 0.1) is 11.1 Å². The quantitative estimate of drug-likeness (QED) is 0.807. The second-order valence-electron chi connectivity index (χ2n) is 4.85. The smallest absolute Gasteiger partial charge is 0.337 e. The van der Waals surface area contributed by atoms with Crippen LogP contribution in [0.1, 0.15) is 28.8 Å². The van der Waals surface area contributed by atoms with Gasteiger partial charge in [0.1, 0.15) is 5.82 Å². The van der Waals surface area contributed by atoms with Crippen molar-refractivity contribution in [3.63, 3.8) is 0 Å². The number of hydrogen-bond donors (Lipinski definition) is 1. The molecule has 1 heterocycles. The molecule has 0 saturated carbocycles. The van der Waals surface area contributed by atoms with Crippen molar-refractivity contribution in [2.75, 3.05) is 13.1 Å². The van der Waals surface area contributed by atoms with Gasteiger partial charge in [0, 0.05) is 19.1 Å². The lowest BCUT2D eigenvalue weighted by Crippen LogP contribution is -2.46. The molecule has 1 unspecified atom stereocenters. The number of likely N-dealkylation sites (tertiary alicyclic amines) is 1. The third-order valence-corrected chi connectivity index (χ3v) is 3.27. The van der Waals surface area contributed by atoms with Crippen LogP contribution in [0.25, 0.3) is 0 Å². The molecule has 1 atom stereocenters. The summed E-state index contributed by atoms with van der Waals surface area (Å²) >= 11 is 0. The van der Waals surface area contributed by atoms with Gasteiger partial charge in [0.2, 0.25) is 0 Å². The highest BCUT2D eigenvalue weighted by molar-refractivity contribution is 5.94. The van der Waals surface area contributed by atoms with Crippen LogP contribution < -0.4 is 5.73 Å². The lowest BCUT2D eigenvalue weighted by Gasteiger charge is -2.31. The number of piperidine rings is 1. The van der Waals surface area contributed by atoms with E-state index in [9.17, 15) is 22.4 Å². The summed E-state index contributed by atoms with van der Waals surface area (Å²) in [4.78, 5) is 13.4. The summed E-state index contributed by atoms with van der Waals surface area (Å²) in [7, 11) is 0. The molecule has 0 spiro atoms. The lowest BCUT2D eigenvalue weighted by molar-refractivity contribution is -0.137. The Morgan fingerprint density at radius 3 is 2.57 bits per heavy atom. The average Bonchev–Trinajstić information content (AvgIpc) is 2.37. The number of carbonyl (C=O) groups is 1. The standard InChI is InChI=1S/C13H14F4N2O.ClH/c14-11-4-3-8(13(15,16)17)6-10(11)12(20)19-5-1-2-9(18)7-19;/h3-4,6,9H,1-2,5,7,18H2;1H. The zero-order valence-electron chi connectivity index (χ0n) is 11.0. The van der Waals surface area contributed by atoms with Crippen LogP contribution in [0, 0.1) is 5.82 Å². The molecule has 3 nitrogen and oxygen atoms in total. The topological polar surface area (TPSA) is 46.3 Å². The molecule has 1 aliphatic heterocycles. The van der Waals surface area contributed by atoms with Gasteiger partial charge >= 0.3 is 6.18 Å². The Bertz CT molecular complexity index is 521. The van der Waals surface area contributed by atoms with Crippen LogP contribution in [0.2, 0.25) is 0 Å². The van der Waals surface area contributed by atoms with Gasteiger partial charge in [-0.05, 0) is 31.0 Å². The van der Waals surface area contributed by atoms with Crippen molar-refractivity contribution < 1.29 is 22.4 Å². The minimum atomic E-state index is -4.61. The highest BCUT2D eigenvalue weighted by atomic mass is 35.5. The van der Waals surface area contributed by atoms with E-state index in [-0.39, 0.29) is 25.0 Å². The summed E-state index contributed by atoms with van der Waals surface area (Å²) in [5, 5.41) is 0. The Morgan fingerprint density at radius 1 is 1.33 bits per heavy atom. The lowest BCUT2D eigenvalue weighted by atomic mass is 10.0. The SMILES string of the molecule is Cl.NC1CCCN(C(=O)c2cc(C(F)(F)F)ccc2F)C1. The molecule has 0 bridgehead atoms. The summed E-state index contributed by atoms with van der Waals surface area (Å²) < 4.78 is 51.4. The van der Waals surface area contributed by atoms with Crippen LogP contribution in [-0.2, 0) is 6.18 Å². The molecule has 1 amide bonds. The number of benzene rings is 1. The Hall–Kier alpha value is -1.34. The van der Waals surface area contributed by atoms with Gasteiger partial charge in [-0.25, -0.2) is 4.39 Å². The van der Waals surface area contributed by atoms with E-state index in [0.717, 1.165) is 6.42 Å². The van der Waals surface area contributed by atoms with E-state index >= 15 is 0 Å². The van der Waals surface area contributed by atoms with Gasteiger partial charge < -0.3 is 10.6 Å². The third-order valence-electron chi connectivity index (χ3n) is 3.27. The predicted molar refractivity (Wildman–Crippen MR) is 71.8 cm³/mol. The molecule has 1 saturated heterocycles. The average molecular weight is 327 g/mol. The number of carbonyl (C=O) groups excluding carboxylic acids is 1. The molecule has 118 valence electrons. The van der Waals surface area contributed by atoms with E-state index in [1.807, 2.05) is 0 Å². The fourth-order valence-corrected chi connectivity index (χ4v) is 2.23. The van der Waals surface area contributed by atoms with E-state index in [1.165, 1.54) is 4.90 Å². The molecular formula is C13H15ClF4N2O. The van der Waals surface area contributed by atoms with Crippen molar-refractivity contribution in [2.45, 2.75) is 25.1 Å². The Labute approximate surface area is 125 Å². The summed E-state index contributed by atoms with van der Waals surface area (Å²) in [5.74, 6) is -1.70. The molecule has 2 N–H and O–H groups in total. The van der Waals surface area contributed by atoms with Crippen molar-refractivity contribution in [3.05, 3.63) is 35.1 Å². The Kier molecular flexibility index (Phi) is 5.58. The second-order valence-corrected chi connectivity index (χ2v) is 4.85. The maximum atomic E-state index is 13.6. The van der Waals surface area contributed by atoms with E-state index in [4.69, 9.17) is 5.73 Å². The molecule has 8 heteroatoms. The van der Waals surface area contributed by atoms with E-state index in [2.05, 4.69) is 0 Å². The van der Waals surface area contributed by atoms with Crippen molar-refractivity contribution in [1.82, 2.24) is 4.90 Å². The van der Waals surface area contributed by atoms with Crippen LogP contribution in [0.15, 0.2) is 18.2 Å². The number of rotatable bonds is 1. The Balaban J connectivity index is 0.00000220. The molecule has 1 aromatic carbocycles. The van der Waals surface area contributed by atoms with Crippen LogP contribution in [0.3, 0.4) is 0 Å². The van der Waals surface area contributed by atoms with Gasteiger partial charge in [-0.2, -0.15) is 13.2 Å². The van der Waals surface area contributed by atoms with Crippen molar-refractivity contribution >= 4 is 18.3 Å². The van der Waals surface area contributed by atoms with Gasteiger partial charge in [0.25, 0.3) is 5.91 Å². The minimum absolute atomic E-state index is 0. The van der Waals surface area contributed by atoms with Gasteiger partial charge in [-0.15, -0.1) is 12.4 Å². The normalized spacial score (nSPS) is 19.1. The van der Waals surface area contributed by atoms with Crippen LogP contribution in [-0.4, -0.2) is 29.9 Å². The molecule has 1 aliphatic rings. The zero-order valence-corrected chi connectivity index (χ0v) is 11.8. The number of halogens is 5. The predicted octanol–water partition coefficient (Wildman–Crippen LogP) is 2.83. The summed E-state index contributed by atoms with van der Waals surface area (Å²) in [6.07, 6.45) is -3.20.